The molecule has 4 aliphatic rings. The largest absolute Gasteiger partial charge is 0.478 e. The molecule has 8 rings (SSSR count). The molecule has 0 aliphatic carbocycles. The number of anilines is 2. The molecule has 392 valence electrons. The monoisotopic (exact) mass is 1040 g/mol. The quantitative estimate of drug-likeness (QED) is 0.113. The molecule has 4 saturated heterocycles. The third kappa shape index (κ3) is 18.9. The molecule has 13 nitrogen and oxygen atoms in total. The molecule has 4 fully saturated rings. The summed E-state index contributed by atoms with van der Waals surface area (Å²) in [5.41, 5.74) is 3.06. The first kappa shape index (κ1) is 56.5. The normalized spacial score (nSPS) is 20.0. The van der Waals surface area contributed by atoms with Gasteiger partial charge >= 0.3 is 18.2 Å². The number of amides is 3. The van der Waals surface area contributed by atoms with E-state index >= 15 is 0 Å². The number of carbonyl (C=O) groups is 4. The summed E-state index contributed by atoms with van der Waals surface area (Å²) in [6, 6.07) is 25.0. The molecule has 73 heavy (non-hydrogen) atoms. The van der Waals surface area contributed by atoms with Gasteiger partial charge in [-0.15, -0.1) is 0 Å². The standard InChI is InChI=1S/C28H33ClFN3O3.C14H16ClNO4.C14H19FN2/c1-28(2,3)36-27(35)31-25-15-21(29)11-9-20(25)10-14-26(34)33-23-5-4-6-24(33)18-32(17-23)16-19-7-12-22(30)13-8-19;1-14(2,3)20-13(19)16-11-8-10(15)6-4-9(11)5-7-12(17)18;15-12-6-4-11(5-7-12)8-17-9-13-2-1-3-14(10-17)16-13/h7-15,23-24H,4-6,16-18H2,1-3H3,(H,31,35);4-8H,1-3H3,(H,16,19)(H,17,18);4-7,13-14,16H,1-3,8-10H2/b14-10+;7-5+;. The number of piperazine rings is 2. The van der Waals surface area contributed by atoms with E-state index in [1.807, 2.05) is 29.2 Å². The van der Waals surface area contributed by atoms with Gasteiger partial charge in [0.15, 0.2) is 0 Å². The maximum Gasteiger partial charge on any atom is 0.412 e. The highest BCUT2D eigenvalue weighted by Gasteiger charge is 2.39. The predicted molar refractivity (Wildman–Crippen MR) is 285 cm³/mol. The van der Waals surface area contributed by atoms with Crippen molar-refractivity contribution in [2.75, 3.05) is 36.8 Å². The zero-order chi connectivity index (χ0) is 52.9. The molecule has 0 spiro atoms. The third-order valence-electron chi connectivity index (χ3n) is 12.3. The smallest absolute Gasteiger partial charge is 0.412 e. The number of carboxylic acid groups (broad SMARTS) is 1. The summed E-state index contributed by atoms with van der Waals surface area (Å²) < 4.78 is 36.6. The van der Waals surface area contributed by atoms with Crippen molar-refractivity contribution >= 4 is 70.8 Å². The fourth-order valence-electron chi connectivity index (χ4n) is 9.40. The van der Waals surface area contributed by atoms with Gasteiger partial charge in [0.05, 0.1) is 11.4 Å². The number of carbonyl (C=O) groups excluding carboxylic acids is 3. The lowest BCUT2D eigenvalue weighted by Gasteiger charge is -2.50. The second kappa shape index (κ2) is 25.9. The summed E-state index contributed by atoms with van der Waals surface area (Å²) in [7, 11) is 0. The van der Waals surface area contributed by atoms with Crippen molar-refractivity contribution in [1.29, 1.82) is 0 Å². The molecule has 17 heteroatoms. The van der Waals surface area contributed by atoms with Gasteiger partial charge in [-0.2, -0.15) is 0 Å². The second-order valence-electron chi connectivity index (χ2n) is 20.8. The zero-order valence-electron chi connectivity index (χ0n) is 42.4. The van der Waals surface area contributed by atoms with Gasteiger partial charge in [-0.25, -0.2) is 23.2 Å². The van der Waals surface area contributed by atoms with Crippen molar-refractivity contribution in [3.8, 4) is 0 Å². The van der Waals surface area contributed by atoms with E-state index in [-0.39, 0.29) is 29.6 Å². The highest BCUT2D eigenvalue weighted by atomic mass is 35.5. The number of nitrogens with zero attached hydrogens (tertiary/aromatic N) is 3. The van der Waals surface area contributed by atoms with Crippen molar-refractivity contribution in [1.82, 2.24) is 20.0 Å². The van der Waals surface area contributed by atoms with Gasteiger partial charge in [0.2, 0.25) is 5.91 Å². The minimum Gasteiger partial charge on any atom is -0.478 e. The number of likely N-dealkylation sites (tertiary alicyclic amines) is 2. The summed E-state index contributed by atoms with van der Waals surface area (Å²) in [5, 5.41) is 18.5. The van der Waals surface area contributed by atoms with Gasteiger partial charge in [0, 0.05) is 85.6 Å². The van der Waals surface area contributed by atoms with Gasteiger partial charge in [-0.3, -0.25) is 25.2 Å². The molecule has 4 atom stereocenters. The van der Waals surface area contributed by atoms with Gasteiger partial charge in [-0.1, -0.05) is 66.0 Å². The zero-order valence-corrected chi connectivity index (χ0v) is 43.9. The Labute approximate surface area is 437 Å². The van der Waals surface area contributed by atoms with Crippen LogP contribution in [0.4, 0.5) is 29.7 Å². The maximum absolute atomic E-state index is 13.3. The van der Waals surface area contributed by atoms with Crippen LogP contribution < -0.4 is 16.0 Å². The average molecular weight is 1050 g/mol. The molecule has 4 heterocycles. The molecular formula is C56H68Cl2F2N6O7. The van der Waals surface area contributed by atoms with Crippen LogP contribution in [-0.4, -0.2) is 105 Å². The summed E-state index contributed by atoms with van der Waals surface area (Å²) in [6.45, 7) is 16.2. The van der Waals surface area contributed by atoms with E-state index in [1.165, 1.54) is 49.1 Å². The first-order chi connectivity index (χ1) is 34.5. The molecule has 4 aromatic rings. The van der Waals surface area contributed by atoms with Gasteiger partial charge in [0.1, 0.15) is 22.8 Å². The Balaban J connectivity index is 0.000000197. The number of rotatable bonds is 10. The summed E-state index contributed by atoms with van der Waals surface area (Å²) in [6.07, 6.45) is 11.4. The summed E-state index contributed by atoms with van der Waals surface area (Å²) >= 11 is 12.0. The highest BCUT2D eigenvalue weighted by molar-refractivity contribution is 6.31. The number of hydrogen-bond donors (Lipinski definition) is 4. The van der Waals surface area contributed by atoms with Crippen LogP contribution in [0.3, 0.4) is 0 Å². The minimum atomic E-state index is -1.08. The molecule has 4 aliphatic heterocycles. The number of aliphatic carboxylic acids is 1. The lowest BCUT2D eigenvalue weighted by molar-refractivity contribution is -0.138. The van der Waals surface area contributed by atoms with Crippen molar-refractivity contribution in [2.45, 2.75) is 129 Å². The van der Waals surface area contributed by atoms with Gasteiger partial charge in [-0.05, 0) is 157 Å². The highest BCUT2D eigenvalue weighted by Crippen LogP contribution is 2.31. The Kier molecular flexibility index (Phi) is 20.0. The van der Waals surface area contributed by atoms with Gasteiger partial charge < -0.3 is 24.8 Å². The Morgan fingerprint density at radius 2 is 1.04 bits per heavy atom. The number of fused-ring (bicyclic) bond motifs is 4. The Hall–Kier alpha value is -5.84. The first-order valence-corrected chi connectivity index (χ1v) is 25.5. The summed E-state index contributed by atoms with van der Waals surface area (Å²) in [5.74, 6) is -1.50. The molecule has 4 aromatic carbocycles. The number of benzene rings is 4. The van der Waals surface area contributed by atoms with Crippen LogP contribution in [-0.2, 0) is 32.2 Å². The molecule has 4 N–H and O–H groups in total. The molecule has 3 amide bonds. The maximum atomic E-state index is 13.3. The van der Waals surface area contributed by atoms with Crippen LogP contribution in [0.15, 0.2) is 97.1 Å². The lowest BCUT2D eigenvalue weighted by atomic mass is 9.90. The molecule has 0 aromatic heterocycles. The van der Waals surface area contributed by atoms with E-state index < -0.39 is 29.4 Å². The number of carboxylic acids is 1. The van der Waals surface area contributed by atoms with Crippen LogP contribution in [0.2, 0.25) is 10.0 Å². The molecule has 4 unspecified atom stereocenters. The second-order valence-corrected chi connectivity index (χ2v) is 21.7. The minimum absolute atomic E-state index is 0.0377. The number of hydrogen-bond acceptors (Lipinski definition) is 9. The van der Waals surface area contributed by atoms with E-state index in [0.717, 1.165) is 70.2 Å². The summed E-state index contributed by atoms with van der Waals surface area (Å²) in [4.78, 5) is 54.7. The van der Waals surface area contributed by atoms with Crippen LogP contribution in [0.25, 0.3) is 12.2 Å². The molecular weight excluding hydrogens is 978 g/mol. The average Bonchev–Trinajstić information content (AvgIpc) is 3.29. The number of nitrogens with one attached hydrogen (secondary N) is 3. The van der Waals surface area contributed by atoms with Crippen LogP contribution in [0.1, 0.15) is 102 Å². The fraction of sp³-hybridized carbons (Fsp3) is 0.429. The van der Waals surface area contributed by atoms with Crippen molar-refractivity contribution in [3.63, 3.8) is 0 Å². The van der Waals surface area contributed by atoms with E-state index in [0.29, 0.717) is 44.6 Å². The SMILES string of the molecule is CC(C)(C)OC(=O)Nc1cc(Cl)ccc1/C=C/C(=O)N1C2CCCC1CN(Cc1ccc(F)cc1)C2.CC(C)(C)OC(=O)Nc1cc(Cl)ccc1/C=C/C(=O)O.Fc1ccc(CN2CC3CCCC(C2)N3)cc1. The fourth-order valence-corrected chi connectivity index (χ4v) is 9.75. The molecule has 0 radical (unpaired) electrons. The van der Waals surface area contributed by atoms with Crippen LogP contribution >= 0.6 is 23.2 Å². The Morgan fingerprint density at radius 1 is 0.630 bits per heavy atom. The van der Waals surface area contributed by atoms with E-state index in [9.17, 15) is 28.0 Å². The predicted octanol–water partition coefficient (Wildman–Crippen LogP) is 12.0. The number of halogens is 4. The molecule has 0 saturated carbocycles. The van der Waals surface area contributed by atoms with E-state index in [2.05, 4.69) is 25.8 Å². The Morgan fingerprint density at radius 3 is 1.47 bits per heavy atom. The van der Waals surface area contributed by atoms with Gasteiger partial charge in [0.25, 0.3) is 0 Å². The number of ether oxygens (including phenoxy) is 2. The first-order valence-electron chi connectivity index (χ1n) is 24.7. The van der Waals surface area contributed by atoms with E-state index in [1.54, 1.807) is 96.2 Å². The van der Waals surface area contributed by atoms with Crippen LogP contribution in [0, 0.1) is 11.6 Å². The molecule has 4 bridgehead atoms. The van der Waals surface area contributed by atoms with Crippen LogP contribution in [0.5, 0.6) is 0 Å². The topological polar surface area (TPSA) is 153 Å². The van der Waals surface area contributed by atoms with Crippen molar-refractivity contribution < 1.29 is 42.5 Å². The lowest BCUT2D eigenvalue weighted by Crippen LogP contribution is -2.61. The Bertz CT molecular complexity index is 2560. The van der Waals surface area contributed by atoms with Crippen molar-refractivity contribution in [3.05, 3.63) is 141 Å². The van der Waals surface area contributed by atoms with Crippen molar-refractivity contribution in [2.24, 2.45) is 0 Å². The van der Waals surface area contributed by atoms with E-state index in [4.69, 9.17) is 37.8 Å². The third-order valence-corrected chi connectivity index (χ3v) is 12.8. The number of piperidine rings is 2.